The summed E-state index contributed by atoms with van der Waals surface area (Å²) in [6.07, 6.45) is 0. The lowest BCUT2D eigenvalue weighted by molar-refractivity contribution is -0.120. The van der Waals surface area contributed by atoms with Gasteiger partial charge in [-0.3, -0.25) is 9.59 Å². The maximum atomic E-state index is 12.8. The van der Waals surface area contributed by atoms with Crippen LogP contribution >= 0.6 is 27.5 Å². The van der Waals surface area contributed by atoms with Crippen LogP contribution in [0.4, 0.5) is 11.4 Å². The molecule has 0 radical (unpaired) electrons. The van der Waals surface area contributed by atoms with Gasteiger partial charge in [-0.15, -0.1) is 0 Å². The standard InChI is InChI=1S/C23H14BrClN2O4/c24-15-8-12-17(13-9-15)27-21(28)19(25)20(22(27)29)26-16-10-6-14(7-11-16)23(30)31-18-4-2-1-3-5-18/h1-13,26H. The largest absolute Gasteiger partial charge is 0.423 e. The van der Waals surface area contributed by atoms with Crippen LogP contribution in [0.25, 0.3) is 0 Å². The minimum atomic E-state index is -0.612. The zero-order valence-corrected chi connectivity index (χ0v) is 18.2. The van der Waals surface area contributed by atoms with Gasteiger partial charge in [-0.25, -0.2) is 9.69 Å². The molecule has 0 aromatic heterocycles. The summed E-state index contributed by atoms with van der Waals surface area (Å²) in [5, 5.41) is 2.66. The molecule has 0 saturated carbocycles. The Balaban J connectivity index is 1.48. The average Bonchev–Trinajstić information content (AvgIpc) is 2.99. The van der Waals surface area contributed by atoms with E-state index in [0.717, 1.165) is 9.37 Å². The van der Waals surface area contributed by atoms with Gasteiger partial charge in [0.1, 0.15) is 16.5 Å². The third-order valence-electron chi connectivity index (χ3n) is 4.46. The van der Waals surface area contributed by atoms with Gasteiger partial charge >= 0.3 is 5.97 Å². The lowest BCUT2D eigenvalue weighted by atomic mass is 10.2. The highest BCUT2D eigenvalue weighted by molar-refractivity contribution is 9.10. The number of benzene rings is 3. The molecule has 0 spiro atoms. The molecule has 0 unspecified atom stereocenters. The van der Waals surface area contributed by atoms with Crippen molar-refractivity contribution in [2.45, 2.75) is 0 Å². The molecule has 0 saturated heterocycles. The van der Waals surface area contributed by atoms with E-state index in [1.807, 2.05) is 6.07 Å². The van der Waals surface area contributed by atoms with Gasteiger partial charge in [0.15, 0.2) is 0 Å². The first-order valence-corrected chi connectivity index (χ1v) is 10.3. The van der Waals surface area contributed by atoms with Crippen molar-refractivity contribution in [3.63, 3.8) is 0 Å². The van der Waals surface area contributed by atoms with Gasteiger partial charge in [0.2, 0.25) is 0 Å². The van der Waals surface area contributed by atoms with E-state index in [0.29, 0.717) is 22.7 Å². The second-order valence-electron chi connectivity index (χ2n) is 6.52. The molecule has 0 aliphatic carbocycles. The molecule has 3 aromatic rings. The third-order valence-corrected chi connectivity index (χ3v) is 5.34. The Kier molecular flexibility index (Phi) is 5.88. The van der Waals surface area contributed by atoms with Crippen molar-refractivity contribution in [3.8, 4) is 5.75 Å². The molecule has 3 aromatic carbocycles. The lowest BCUT2D eigenvalue weighted by Gasteiger charge is -2.15. The van der Waals surface area contributed by atoms with Crippen LogP contribution in [0.1, 0.15) is 10.4 Å². The molecule has 2 amide bonds. The minimum absolute atomic E-state index is 0.0332. The van der Waals surface area contributed by atoms with E-state index in [9.17, 15) is 14.4 Å². The molecule has 1 aliphatic heterocycles. The number of esters is 1. The van der Waals surface area contributed by atoms with Crippen LogP contribution in [0, 0.1) is 0 Å². The van der Waals surface area contributed by atoms with Crippen LogP contribution in [-0.2, 0) is 9.59 Å². The molecule has 154 valence electrons. The van der Waals surface area contributed by atoms with E-state index in [-0.39, 0.29) is 10.7 Å². The van der Waals surface area contributed by atoms with Gasteiger partial charge in [-0.2, -0.15) is 0 Å². The number of anilines is 2. The van der Waals surface area contributed by atoms with E-state index >= 15 is 0 Å². The Morgan fingerprint density at radius 3 is 2.16 bits per heavy atom. The van der Waals surface area contributed by atoms with Crippen molar-refractivity contribution >= 4 is 56.7 Å². The number of rotatable bonds is 5. The predicted molar refractivity (Wildman–Crippen MR) is 121 cm³/mol. The average molecular weight is 498 g/mol. The lowest BCUT2D eigenvalue weighted by Crippen LogP contribution is -2.32. The number of nitrogens with one attached hydrogen (secondary N) is 1. The zero-order chi connectivity index (χ0) is 22.0. The summed E-state index contributed by atoms with van der Waals surface area (Å²) in [6.45, 7) is 0. The number of nitrogens with zero attached hydrogens (tertiary/aromatic N) is 1. The third kappa shape index (κ3) is 4.38. The van der Waals surface area contributed by atoms with Crippen molar-refractivity contribution in [1.29, 1.82) is 0 Å². The van der Waals surface area contributed by atoms with E-state index in [4.69, 9.17) is 16.3 Å². The predicted octanol–water partition coefficient (Wildman–Crippen LogP) is 5.10. The summed E-state index contributed by atoms with van der Waals surface area (Å²) in [5.74, 6) is -1.25. The molecule has 6 nitrogen and oxygen atoms in total. The van der Waals surface area contributed by atoms with Gasteiger partial charge < -0.3 is 10.1 Å². The first-order chi connectivity index (χ1) is 14.9. The smallest absolute Gasteiger partial charge is 0.343 e. The molecule has 0 bridgehead atoms. The van der Waals surface area contributed by atoms with Crippen LogP contribution in [-0.4, -0.2) is 17.8 Å². The van der Waals surface area contributed by atoms with Crippen molar-refractivity contribution in [2.24, 2.45) is 0 Å². The summed E-state index contributed by atoms with van der Waals surface area (Å²) in [7, 11) is 0. The van der Waals surface area contributed by atoms with Crippen LogP contribution in [0.3, 0.4) is 0 Å². The number of halogens is 2. The number of ether oxygens (including phenoxy) is 1. The van der Waals surface area contributed by atoms with Crippen LogP contribution in [0.15, 0.2) is 94.1 Å². The highest BCUT2D eigenvalue weighted by Crippen LogP contribution is 2.30. The molecule has 31 heavy (non-hydrogen) atoms. The fraction of sp³-hybridized carbons (Fsp3) is 0. The monoisotopic (exact) mass is 496 g/mol. The number of hydrogen-bond donors (Lipinski definition) is 1. The maximum absolute atomic E-state index is 12.8. The van der Waals surface area contributed by atoms with Crippen LogP contribution in [0.5, 0.6) is 5.75 Å². The number of para-hydroxylation sites is 1. The van der Waals surface area contributed by atoms with E-state index in [1.54, 1.807) is 72.8 Å². The first kappa shape index (κ1) is 20.8. The number of imide groups is 1. The molecular formula is C23H14BrClN2O4. The quantitative estimate of drug-likeness (QED) is 0.301. The van der Waals surface area contributed by atoms with Gasteiger partial charge in [-0.05, 0) is 60.7 Å². The van der Waals surface area contributed by atoms with Crippen molar-refractivity contribution < 1.29 is 19.1 Å². The van der Waals surface area contributed by atoms with Gasteiger partial charge in [-0.1, -0.05) is 45.7 Å². The summed E-state index contributed by atoms with van der Waals surface area (Å²) in [5.41, 5.74) is 1.20. The molecule has 4 rings (SSSR count). The number of carbonyl (C=O) groups is 3. The van der Waals surface area contributed by atoms with Crippen LogP contribution < -0.4 is 15.0 Å². The Hall–Kier alpha value is -3.42. The van der Waals surface area contributed by atoms with Crippen molar-refractivity contribution in [2.75, 3.05) is 10.2 Å². The summed E-state index contributed by atoms with van der Waals surface area (Å²) in [6, 6.07) is 21.7. The molecule has 1 aliphatic rings. The van der Waals surface area contributed by atoms with Gasteiger partial charge in [0.05, 0.1) is 11.3 Å². The Labute approximate surface area is 191 Å². The molecule has 0 fully saturated rings. The summed E-state index contributed by atoms with van der Waals surface area (Å²) >= 11 is 9.46. The fourth-order valence-corrected chi connectivity index (χ4v) is 3.40. The van der Waals surface area contributed by atoms with E-state index in [2.05, 4.69) is 21.2 Å². The SMILES string of the molecule is O=C(Oc1ccccc1)c1ccc(NC2=C(Cl)C(=O)N(c3ccc(Br)cc3)C2=O)cc1. The fourth-order valence-electron chi connectivity index (χ4n) is 2.92. The molecule has 1 heterocycles. The highest BCUT2D eigenvalue weighted by Gasteiger charge is 2.38. The normalized spacial score (nSPS) is 13.5. The van der Waals surface area contributed by atoms with Crippen molar-refractivity contribution in [3.05, 3.63) is 99.6 Å². The molecule has 8 heteroatoms. The zero-order valence-electron chi connectivity index (χ0n) is 15.8. The van der Waals surface area contributed by atoms with Gasteiger partial charge in [0.25, 0.3) is 11.8 Å². The Morgan fingerprint density at radius 2 is 1.52 bits per heavy atom. The number of amides is 2. The maximum Gasteiger partial charge on any atom is 0.343 e. The molecule has 0 atom stereocenters. The first-order valence-electron chi connectivity index (χ1n) is 9.12. The van der Waals surface area contributed by atoms with Crippen LogP contribution in [0.2, 0.25) is 0 Å². The van der Waals surface area contributed by atoms with Crippen molar-refractivity contribution in [1.82, 2.24) is 0 Å². The second kappa shape index (κ2) is 8.75. The van der Waals surface area contributed by atoms with Gasteiger partial charge in [0, 0.05) is 10.2 Å². The molecule has 1 N–H and O–H groups in total. The van der Waals surface area contributed by atoms with E-state index < -0.39 is 17.8 Å². The number of hydrogen-bond acceptors (Lipinski definition) is 5. The summed E-state index contributed by atoms with van der Waals surface area (Å²) < 4.78 is 6.11. The summed E-state index contributed by atoms with van der Waals surface area (Å²) in [4.78, 5) is 38.6. The Morgan fingerprint density at radius 1 is 0.871 bits per heavy atom. The topological polar surface area (TPSA) is 75.7 Å². The number of carbonyl (C=O) groups excluding carboxylic acids is 3. The van der Waals surface area contributed by atoms with E-state index in [1.165, 1.54) is 0 Å². The Bertz CT molecular complexity index is 1190. The minimum Gasteiger partial charge on any atom is -0.423 e. The second-order valence-corrected chi connectivity index (χ2v) is 7.81. The molecular weight excluding hydrogens is 484 g/mol. The highest BCUT2D eigenvalue weighted by atomic mass is 79.9.